The van der Waals surface area contributed by atoms with Gasteiger partial charge < -0.3 is 5.32 Å². The number of carbonyl (C=O) groups excluding carboxylic acids is 1. The topological polar surface area (TPSA) is 66.5 Å². The molecule has 0 spiro atoms. The summed E-state index contributed by atoms with van der Waals surface area (Å²) in [6.45, 7) is 6.51. The predicted molar refractivity (Wildman–Crippen MR) is 103 cm³/mol. The summed E-state index contributed by atoms with van der Waals surface area (Å²) in [5.41, 5.74) is 3.69. The van der Waals surface area contributed by atoms with Crippen LogP contribution in [0.2, 0.25) is 0 Å². The first-order chi connectivity index (χ1) is 12.7. The zero-order chi connectivity index (χ0) is 19.8. The highest BCUT2D eigenvalue weighted by atomic mass is 32.2. The maximum absolute atomic E-state index is 14.2. The molecule has 144 valence electrons. The number of benzene rings is 2. The molecule has 1 N–H and O–H groups in total. The van der Waals surface area contributed by atoms with E-state index in [4.69, 9.17) is 0 Å². The van der Waals surface area contributed by atoms with Crippen molar-refractivity contribution >= 4 is 21.6 Å². The Labute approximate surface area is 159 Å². The minimum atomic E-state index is -3.94. The third-order valence-electron chi connectivity index (χ3n) is 4.79. The lowest BCUT2D eigenvalue weighted by atomic mass is 10.0. The van der Waals surface area contributed by atoms with E-state index in [1.165, 1.54) is 10.4 Å². The fourth-order valence-corrected chi connectivity index (χ4v) is 5.08. The van der Waals surface area contributed by atoms with Crippen molar-refractivity contribution in [3.05, 3.63) is 58.4 Å². The second kappa shape index (κ2) is 7.40. The maximum atomic E-state index is 14.2. The van der Waals surface area contributed by atoms with Crippen molar-refractivity contribution in [3.8, 4) is 0 Å². The Bertz CT molecular complexity index is 973. The number of hydrogen-bond acceptors (Lipinski definition) is 3. The van der Waals surface area contributed by atoms with Crippen molar-refractivity contribution in [2.24, 2.45) is 0 Å². The van der Waals surface area contributed by atoms with Gasteiger partial charge in [0.05, 0.1) is 0 Å². The van der Waals surface area contributed by atoms with Crippen molar-refractivity contribution in [3.63, 3.8) is 0 Å². The monoisotopic (exact) mass is 390 g/mol. The molecule has 0 bridgehead atoms. The van der Waals surface area contributed by atoms with E-state index >= 15 is 0 Å². The molecular formula is C20H23FN2O3S. The van der Waals surface area contributed by atoms with Gasteiger partial charge in [0.2, 0.25) is 10.0 Å². The van der Waals surface area contributed by atoms with E-state index in [0.29, 0.717) is 18.8 Å². The predicted octanol–water partition coefficient (Wildman–Crippen LogP) is 3.79. The molecule has 1 fully saturated rings. The van der Waals surface area contributed by atoms with Crippen molar-refractivity contribution in [1.82, 2.24) is 4.31 Å². The van der Waals surface area contributed by atoms with E-state index in [0.717, 1.165) is 41.7 Å². The fourth-order valence-electron chi connectivity index (χ4n) is 3.47. The van der Waals surface area contributed by atoms with E-state index in [2.05, 4.69) is 5.32 Å². The summed E-state index contributed by atoms with van der Waals surface area (Å²) in [5.74, 6) is -1.32. The summed E-state index contributed by atoms with van der Waals surface area (Å²) in [6.07, 6.45) is 1.51. The first-order valence-electron chi connectivity index (χ1n) is 8.89. The molecule has 27 heavy (non-hydrogen) atoms. The van der Waals surface area contributed by atoms with E-state index in [9.17, 15) is 17.6 Å². The van der Waals surface area contributed by atoms with E-state index in [1.54, 1.807) is 0 Å². The second-order valence-electron chi connectivity index (χ2n) is 6.98. The number of nitrogens with zero attached hydrogens (tertiary/aromatic N) is 1. The highest BCUT2D eigenvalue weighted by Gasteiger charge is 2.30. The number of carbonyl (C=O) groups is 1. The summed E-state index contributed by atoms with van der Waals surface area (Å²) >= 11 is 0. The largest absolute Gasteiger partial charge is 0.322 e. The average molecular weight is 390 g/mol. The van der Waals surface area contributed by atoms with E-state index < -0.39 is 26.6 Å². The SMILES string of the molecule is Cc1cc(C)c(NC(=O)c2ccc(F)c(S(=O)(=O)N3CCCC3)c2)c(C)c1. The Hall–Kier alpha value is -2.25. The molecule has 1 aliphatic heterocycles. The minimum absolute atomic E-state index is 0.105. The normalized spacial score (nSPS) is 15.1. The molecule has 0 aliphatic carbocycles. The van der Waals surface area contributed by atoms with Crippen LogP contribution in [0.25, 0.3) is 0 Å². The first-order valence-corrected chi connectivity index (χ1v) is 10.3. The Morgan fingerprint density at radius 3 is 2.22 bits per heavy atom. The lowest BCUT2D eigenvalue weighted by Crippen LogP contribution is -2.29. The highest BCUT2D eigenvalue weighted by molar-refractivity contribution is 7.89. The molecule has 5 nitrogen and oxygen atoms in total. The van der Waals surface area contributed by atoms with Gasteiger partial charge in [-0.05, 0) is 62.9 Å². The van der Waals surface area contributed by atoms with Crippen molar-refractivity contribution in [2.45, 2.75) is 38.5 Å². The number of amides is 1. The second-order valence-corrected chi connectivity index (χ2v) is 8.89. The van der Waals surface area contributed by atoms with Gasteiger partial charge in [0.15, 0.2) is 0 Å². The van der Waals surface area contributed by atoms with Crippen LogP contribution in [0.5, 0.6) is 0 Å². The van der Waals surface area contributed by atoms with Gasteiger partial charge in [0.1, 0.15) is 10.7 Å². The Kier molecular flexibility index (Phi) is 5.35. The summed E-state index contributed by atoms with van der Waals surface area (Å²) in [6, 6.07) is 7.36. The van der Waals surface area contributed by atoms with Crippen LogP contribution >= 0.6 is 0 Å². The van der Waals surface area contributed by atoms with Gasteiger partial charge in [-0.3, -0.25) is 4.79 Å². The minimum Gasteiger partial charge on any atom is -0.322 e. The van der Waals surface area contributed by atoms with Gasteiger partial charge in [-0.25, -0.2) is 12.8 Å². The van der Waals surface area contributed by atoms with E-state index in [1.807, 2.05) is 32.9 Å². The molecular weight excluding hydrogens is 367 g/mol. The van der Waals surface area contributed by atoms with Gasteiger partial charge >= 0.3 is 0 Å². The van der Waals surface area contributed by atoms with Crippen LogP contribution in [-0.2, 0) is 10.0 Å². The number of aryl methyl sites for hydroxylation is 3. The molecule has 7 heteroatoms. The average Bonchev–Trinajstić information content (AvgIpc) is 3.13. The van der Waals surface area contributed by atoms with Crippen LogP contribution in [0, 0.1) is 26.6 Å². The maximum Gasteiger partial charge on any atom is 0.255 e. The summed E-state index contributed by atoms with van der Waals surface area (Å²) in [5, 5.41) is 2.82. The molecule has 0 aromatic heterocycles. The molecule has 2 aromatic rings. The smallest absolute Gasteiger partial charge is 0.255 e. The molecule has 3 rings (SSSR count). The van der Waals surface area contributed by atoms with Crippen LogP contribution in [0.3, 0.4) is 0 Å². The number of halogens is 1. The Morgan fingerprint density at radius 1 is 1.04 bits per heavy atom. The quantitative estimate of drug-likeness (QED) is 0.864. The number of rotatable bonds is 4. The summed E-state index contributed by atoms with van der Waals surface area (Å²) < 4.78 is 40.9. The lowest BCUT2D eigenvalue weighted by Gasteiger charge is -2.17. The van der Waals surface area contributed by atoms with Crippen molar-refractivity contribution in [2.75, 3.05) is 18.4 Å². The summed E-state index contributed by atoms with van der Waals surface area (Å²) in [4.78, 5) is 12.2. The summed E-state index contributed by atoms with van der Waals surface area (Å²) in [7, 11) is -3.94. The van der Waals surface area contributed by atoms with Crippen molar-refractivity contribution in [1.29, 1.82) is 0 Å². The van der Waals surface area contributed by atoms with Crippen LogP contribution in [0.1, 0.15) is 39.9 Å². The lowest BCUT2D eigenvalue weighted by molar-refractivity contribution is 0.102. The standard InChI is InChI=1S/C20H23FN2O3S/c1-13-10-14(2)19(15(3)11-13)22-20(24)16-6-7-17(21)18(12-16)27(25,26)23-8-4-5-9-23/h6-7,10-12H,4-5,8-9H2,1-3H3,(H,22,24). The molecule has 1 amide bonds. The van der Waals surface area contributed by atoms with Gasteiger partial charge in [0, 0.05) is 24.3 Å². The van der Waals surface area contributed by atoms with Gasteiger partial charge in [-0.2, -0.15) is 4.31 Å². The van der Waals surface area contributed by atoms with Crippen LogP contribution in [0.15, 0.2) is 35.2 Å². The van der Waals surface area contributed by atoms with Gasteiger partial charge in [-0.1, -0.05) is 17.7 Å². The molecule has 1 heterocycles. The Morgan fingerprint density at radius 2 is 1.63 bits per heavy atom. The zero-order valence-corrected chi connectivity index (χ0v) is 16.5. The molecule has 0 unspecified atom stereocenters. The third kappa shape index (κ3) is 3.89. The first kappa shape index (κ1) is 19.5. The zero-order valence-electron chi connectivity index (χ0n) is 15.7. The molecule has 0 saturated carbocycles. The number of hydrogen-bond donors (Lipinski definition) is 1. The molecule has 2 aromatic carbocycles. The molecule has 0 radical (unpaired) electrons. The van der Waals surface area contributed by atoms with Crippen LogP contribution < -0.4 is 5.32 Å². The molecule has 0 atom stereocenters. The third-order valence-corrected chi connectivity index (χ3v) is 6.71. The number of anilines is 1. The molecule has 1 saturated heterocycles. The van der Waals surface area contributed by atoms with Crippen LogP contribution in [-0.4, -0.2) is 31.7 Å². The number of sulfonamides is 1. The molecule has 1 aliphatic rings. The van der Waals surface area contributed by atoms with Crippen molar-refractivity contribution < 1.29 is 17.6 Å². The van der Waals surface area contributed by atoms with E-state index in [-0.39, 0.29) is 5.56 Å². The van der Waals surface area contributed by atoms with Gasteiger partial charge in [0.25, 0.3) is 5.91 Å². The Balaban J connectivity index is 1.93. The number of nitrogens with one attached hydrogen (secondary N) is 1. The van der Waals surface area contributed by atoms with Gasteiger partial charge in [-0.15, -0.1) is 0 Å². The van der Waals surface area contributed by atoms with Crippen LogP contribution in [0.4, 0.5) is 10.1 Å². The highest BCUT2D eigenvalue weighted by Crippen LogP contribution is 2.26. The fraction of sp³-hybridized carbons (Fsp3) is 0.350.